The lowest BCUT2D eigenvalue weighted by atomic mass is 10.2. The van der Waals surface area contributed by atoms with E-state index < -0.39 is 17.8 Å². The first-order valence-corrected chi connectivity index (χ1v) is 6.97. The molecular formula is C15H13F3N4O. The number of nitrogens with one attached hydrogen (secondary N) is 1. The van der Waals surface area contributed by atoms with Gasteiger partial charge in [-0.2, -0.15) is 13.2 Å². The molecule has 23 heavy (non-hydrogen) atoms. The van der Waals surface area contributed by atoms with E-state index >= 15 is 0 Å². The Kier molecular flexibility index (Phi) is 3.89. The van der Waals surface area contributed by atoms with Crippen LogP contribution in [0.5, 0.6) is 0 Å². The quantitative estimate of drug-likeness (QED) is 0.944. The topological polar surface area (TPSA) is 58.1 Å². The van der Waals surface area contributed by atoms with Crippen LogP contribution >= 0.6 is 0 Å². The van der Waals surface area contributed by atoms with Gasteiger partial charge >= 0.3 is 6.18 Å². The molecule has 1 amide bonds. The van der Waals surface area contributed by atoms with Crippen molar-refractivity contribution in [3.8, 4) is 0 Å². The largest absolute Gasteiger partial charge is 0.416 e. The van der Waals surface area contributed by atoms with Crippen molar-refractivity contribution in [3.05, 3.63) is 48.3 Å². The van der Waals surface area contributed by atoms with Gasteiger partial charge in [0.15, 0.2) is 0 Å². The van der Waals surface area contributed by atoms with Gasteiger partial charge in [0.25, 0.3) is 0 Å². The molecule has 2 heterocycles. The molecular weight excluding hydrogens is 309 g/mol. The Hall–Kier alpha value is -2.64. The molecule has 1 atom stereocenters. The van der Waals surface area contributed by atoms with E-state index in [1.807, 2.05) is 0 Å². The molecule has 1 N–H and O–H groups in total. The van der Waals surface area contributed by atoms with Crippen LogP contribution in [-0.4, -0.2) is 28.5 Å². The highest BCUT2D eigenvalue weighted by Crippen LogP contribution is 2.31. The highest BCUT2D eigenvalue weighted by atomic mass is 19.4. The predicted molar refractivity (Wildman–Crippen MR) is 77.9 cm³/mol. The highest BCUT2D eigenvalue weighted by Gasteiger charge is 2.34. The van der Waals surface area contributed by atoms with Crippen LogP contribution in [0.15, 0.2) is 42.7 Å². The third-order valence-electron chi connectivity index (χ3n) is 3.58. The average molecular weight is 322 g/mol. The number of nitrogens with zero attached hydrogens (tertiary/aromatic N) is 3. The van der Waals surface area contributed by atoms with Crippen molar-refractivity contribution in [1.29, 1.82) is 0 Å². The summed E-state index contributed by atoms with van der Waals surface area (Å²) in [5.74, 6) is 0.136. The van der Waals surface area contributed by atoms with Gasteiger partial charge in [-0.15, -0.1) is 0 Å². The smallest absolute Gasteiger partial charge is 0.342 e. The molecule has 0 radical (unpaired) electrons. The molecule has 3 rings (SSSR count). The molecule has 0 bridgehead atoms. The first-order valence-electron chi connectivity index (χ1n) is 6.97. The second kappa shape index (κ2) is 5.86. The minimum atomic E-state index is -4.39. The summed E-state index contributed by atoms with van der Waals surface area (Å²) >= 11 is 0. The standard InChI is InChI=1S/C15H13F3N4O/c16-15(17,18)10-2-4-11(5-3-10)22-9-6-12(13(22)23)21-14-19-7-1-8-20-14/h1-5,7-8,12H,6,9H2,(H,19,20,21)/t12-/m1/s1. The molecule has 1 fully saturated rings. The average Bonchev–Trinajstić information content (AvgIpc) is 2.89. The van der Waals surface area contributed by atoms with Crippen molar-refractivity contribution in [2.24, 2.45) is 0 Å². The Morgan fingerprint density at radius 1 is 1.13 bits per heavy atom. The fourth-order valence-corrected chi connectivity index (χ4v) is 2.43. The lowest BCUT2D eigenvalue weighted by Crippen LogP contribution is -2.33. The third kappa shape index (κ3) is 3.25. The van der Waals surface area contributed by atoms with Crippen LogP contribution in [0, 0.1) is 0 Å². The molecule has 1 saturated heterocycles. The summed E-state index contributed by atoms with van der Waals surface area (Å²) in [6, 6.07) is 5.74. The van der Waals surface area contributed by atoms with Crippen LogP contribution in [0.2, 0.25) is 0 Å². The lowest BCUT2D eigenvalue weighted by molar-refractivity contribution is -0.137. The predicted octanol–water partition coefficient (Wildman–Crippen LogP) is 2.71. The molecule has 0 aliphatic carbocycles. The Bertz CT molecular complexity index is 688. The summed E-state index contributed by atoms with van der Waals surface area (Å²) in [5.41, 5.74) is -0.290. The first kappa shape index (κ1) is 15.3. The number of hydrogen-bond acceptors (Lipinski definition) is 4. The van der Waals surface area contributed by atoms with Gasteiger partial charge in [-0.3, -0.25) is 4.79 Å². The maximum Gasteiger partial charge on any atom is 0.416 e. The Morgan fingerprint density at radius 2 is 1.78 bits per heavy atom. The van der Waals surface area contributed by atoms with Gasteiger partial charge in [-0.25, -0.2) is 9.97 Å². The van der Waals surface area contributed by atoms with Crippen LogP contribution in [0.1, 0.15) is 12.0 Å². The van der Waals surface area contributed by atoms with E-state index in [0.29, 0.717) is 24.6 Å². The van der Waals surface area contributed by atoms with E-state index in [9.17, 15) is 18.0 Å². The van der Waals surface area contributed by atoms with Crippen molar-refractivity contribution in [1.82, 2.24) is 9.97 Å². The number of amides is 1. The maximum absolute atomic E-state index is 12.6. The summed E-state index contributed by atoms with van der Waals surface area (Å²) in [4.78, 5) is 21.8. The number of carbonyl (C=O) groups excluding carboxylic acids is 1. The molecule has 8 heteroatoms. The van der Waals surface area contributed by atoms with Crippen molar-refractivity contribution in [2.75, 3.05) is 16.8 Å². The van der Waals surface area contributed by atoms with E-state index in [2.05, 4.69) is 15.3 Å². The van der Waals surface area contributed by atoms with Crippen molar-refractivity contribution in [3.63, 3.8) is 0 Å². The fourth-order valence-electron chi connectivity index (χ4n) is 2.43. The molecule has 1 aromatic carbocycles. The normalized spacial score (nSPS) is 18.3. The number of rotatable bonds is 3. The second-order valence-corrected chi connectivity index (χ2v) is 5.09. The Morgan fingerprint density at radius 3 is 2.39 bits per heavy atom. The number of carbonyl (C=O) groups is 1. The second-order valence-electron chi connectivity index (χ2n) is 5.09. The SMILES string of the molecule is O=C1[C@H](Nc2ncccn2)CCN1c1ccc(C(F)(F)F)cc1. The third-order valence-corrected chi connectivity index (χ3v) is 3.58. The van der Waals surface area contributed by atoms with Crippen LogP contribution in [0.4, 0.5) is 24.8 Å². The Labute approximate surface area is 130 Å². The highest BCUT2D eigenvalue weighted by molar-refractivity contribution is 6.00. The van der Waals surface area contributed by atoms with Crippen molar-refractivity contribution >= 4 is 17.5 Å². The maximum atomic E-state index is 12.6. The van der Waals surface area contributed by atoms with Gasteiger partial charge in [0.1, 0.15) is 6.04 Å². The molecule has 0 spiro atoms. The summed E-state index contributed by atoms with van der Waals surface area (Å²) in [7, 11) is 0. The zero-order valence-corrected chi connectivity index (χ0v) is 11.9. The van der Waals surface area contributed by atoms with Gasteiger partial charge in [-0.05, 0) is 36.8 Å². The number of anilines is 2. The summed E-state index contributed by atoms with van der Waals surface area (Å²) in [6.45, 7) is 0.425. The van der Waals surface area contributed by atoms with E-state index in [0.717, 1.165) is 12.1 Å². The minimum Gasteiger partial charge on any atom is -0.342 e. The molecule has 1 aromatic heterocycles. The number of aromatic nitrogens is 2. The molecule has 5 nitrogen and oxygen atoms in total. The number of alkyl halides is 3. The fraction of sp³-hybridized carbons (Fsp3) is 0.267. The molecule has 0 saturated carbocycles. The summed E-state index contributed by atoms with van der Waals surface area (Å²) in [5, 5.41) is 2.93. The number of halogens is 3. The molecule has 2 aromatic rings. The van der Waals surface area contributed by atoms with E-state index in [1.165, 1.54) is 17.0 Å². The monoisotopic (exact) mass is 322 g/mol. The Balaban J connectivity index is 1.71. The lowest BCUT2D eigenvalue weighted by Gasteiger charge is -2.18. The van der Waals surface area contributed by atoms with Gasteiger partial charge in [0.05, 0.1) is 5.56 Å². The minimum absolute atomic E-state index is 0.211. The van der Waals surface area contributed by atoms with Gasteiger partial charge in [0, 0.05) is 24.6 Å². The zero-order chi connectivity index (χ0) is 16.4. The molecule has 0 unspecified atom stereocenters. The van der Waals surface area contributed by atoms with Gasteiger partial charge in [-0.1, -0.05) is 0 Å². The van der Waals surface area contributed by atoms with E-state index in [-0.39, 0.29) is 5.91 Å². The van der Waals surface area contributed by atoms with Crippen LogP contribution in [0.3, 0.4) is 0 Å². The molecule has 120 valence electrons. The number of benzene rings is 1. The molecule has 1 aliphatic rings. The van der Waals surface area contributed by atoms with Crippen LogP contribution in [-0.2, 0) is 11.0 Å². The zero-order valence-electron chi connectivity index (χ0n) is 11.9. The van der Waals surface area contributed by atoms with E-state index in [4.69, 9.17) is 0 Å². The first-order chi connectivity index (χ1) is 10.9. The van der Waals surface area contributed by atoms with E-state index in [1.54, 1.807) is 18.5 Å². The van der Waals surface area contributed by atoms with Gasteiger partial charge in [0.2, 0.25) is 11.9 Å². The van der Waals surface area contributed by atoms with Crippen LogP contribution < -0.4 is 10.2 Å². The van der Waals surface area contributed by atoms with Crippen LogP contribution in [0.25, 0.3) is 0 Å². The summed E-state index contributed by atoms with van der Waals surface area (Å²) < 4.78 is 37.7. The molecule has 1 aliphatic heterocycles. The van der Waals surface area contributed by atoms with Crippen molar-refractivity contribution in [2.45, 2.75) is 18.6 Å². The summed E-state index contributed by atoms with van der Waals surface area (Å²) in [6.07, 6.45) is -0.745. The van der Waals surface area contributed by atoms with Gasteiger partial charge < -0.3 is 10.2 Å². The number of hydrogen-bond donors (Lipinski definition) is 1. The van der Waals surface area contributed by atoms with Crippen molar-refractivity contribution < 1.29 is 18.0 Å².